The number of rotatable bonds is 6. The van der Waals surface area contributed by atoms with Gasteiger partial charge in [0.2, 0.25) is 0 Å². The van der Waals surface area contributed by atoms with Crippen LogP contribution in [0, 0.1) is 0 Å². The maximum Gasteiger partial charge on any atom is 0.252 e. The normalized spacial score (nSPS) is 16.8. The molecule has 1 aliphatic heterocycles. The number of nitrogens with zero attached hydrogens (tertiary/aromatic N) is 2. The van der Waals surface area contributed by atoms with Crippen molar-refractivity contribution in [3.8, 4) is 0 Å². The highest BCUT2D eigenvalue weighted by Gasteiger charge is 2.30. The first-order chi connectivity index (χ1) is 12.0. The number of ketones is 1. The van der Waals surface area contributed by atoms with Crippen molar-refractivity contribution in [2.45, 2.75) is 17.6 Å². The predicted octanol–water partition coefficient (Wildman–Crippen LogP) is 2.50. The van der Waals surface area contributed by atoms with E-state index in [1.165, 1.54) is 15.6 Å². The lowest BCUT2D eigenvalue weighted by Crippen LogP contribution is -2.49. The Bertz CT molecular complexity index is 823. The van der Waals surface area contributed by atoms with Gasteiger partial charge in [-0.25, -0.2) is 8.42 Å². The minimum atomic E-state index is -3.42. The SMILES string of the molecule is CCc1ccc(S(=O)(=O)N2CCN(CC(=O)c3ccccc3)CC2)s1. The summed E-state index contributed by atoms with van der Waals surface area (Å²) in [5.74, 6) is 0.0720. The molecule has 0 atom stereocenters. The lowest BCUT2D eigenvalue weighted by Gasteiger charge is -2.33. The van der Waals surface area contributed by atoms with Crippen molar-refractivity contribution in [3.05, 3.63) is 52.9 Å². The van der Waals surface area contributed by atoms with Crippen LogP contribution in [-0.2, 0) is 16.4 Å². The summed E-state index contributed by atoms with van der Waals surface area (Å²) in [4.78, 5) is 15.4. The Morgan fingerprint density at radius 2 is 1.72 bits per heavy atom. The molecule has 134 valence electrons. The average Bonchev–Trinajstić information content (AvgIpc) is 3.13. The number of Topliss-reactive ketones (excluding diaryl/α,β-unsaturated/α-hetero) is 1. The molecule has 7 heteroatoms. The maximum absolute atomic E-state index is 12.7. The summed E-state index contributed by atoms with van der Waals surface area (Å²) < 4.78 is 27.4. The molecule has 1 saturated heterocycles. The third-order valence-corrected chi connectivity index (χ3v) is 7.97. The highest BCUT2D eigenvalue weighted by molar-refractivity contribution is 7.91. The fraction of sp³-hybridized carbons (Fsp3) is 0.389. The van der Waals surface area contributed by atoms with E-state index >= 15 is 0 Å². The lowest BCUT2D eigenvalue weighted by atomic mass is 10.1. The number of sulfonamides is 1. The Morgan fingerprint density at radius 3 is 2.32 bits per heavy atom. The van der Waals surface area contributed by atoms with E-state index in [4.69, 9.17) is 0 Å². The second kappa shape index (κ2) is 7.78. The minimum Gasteiger partial charge on any atom is -0.293 e. The highest BCUT2D eigenvalue weighted by atomic mass is 32.2. The summed E-state index contributed by atoms with van der Waals surface area (Å²) in [7, 11) is -3.42. The number of hydrogen-bond acceptors (Lipinski definition) is 5. The van der Waals surface area contributed by atoms with Gasteiger partial charge in [0, 0.05) is 36.6 Å². The Morgan fingerprint density at radius 1 is 1.04 bits per heavy atom. The molecule has 1 aliphatic rings. The minimum absolute atomic E-state index is 0.0720. The molecule has 3 rings (SSSR count). The summed E-state index contributed by atoms with van der Waals surface area (Å²) >= 11 is 1.34. The van der Waals surface area contributed by atoms with Gasteiger partial charge in [-0.15, -0.1) is 11.3 Å². The van der Waals surface area contributed by atoms with Gasteiger partial charge in [0.15, 0.2) is 5.78 Å². The van der Waals surface area contributed by atoms with E-state index in [1.807, 2.05) is 48.2 Å². The van der Waals surface area contributed by atoms with Crippen molar-refractivity contribution < 1.29 is 13.2 Å². The average molecular weight is 379 g/mol. The van der Waals surface area contributed by atoms with Gasteiger partial charge >= 0.3 is 0 Å². The van der Waals surface area contributed by atoms with Crippen molar-refractivity contribution in [1.29, 1.82) is 0 Å². The molecular weight excluding hydrogens is 356 g/mol. The van der Waals surface area contributed by atoms with Crippen LogP contribution in [-0.4, -0.2) is 56.1 Å². The number of hydrogen-bond donors (Lipinski definition) is 0. The second-order valence-corrected chi connectivity index (χ2v) is 9.38. The number of aryl methyl sites for hydroxylation is 1. The topological polar surface area (TPSA) is 57.7 Å². The van der Waals surface area contributed by atoms with Gasteiger partial charge in [-0.05, 0) is 18.6 Å². The first kappa shape index (κ1) is 18.3. The summed E-state index contributed by atoms with van der Waals surface area (Å²) in [6.07, 6.45) is 0.843. The second-order valence-electron chi connectivity index (χ2n) is 6.04. The number of benzene rings is 1. The quantitative estimate of drug-likeness (QED) is 0.725. The van der Waals surface area contributed by atoms with Gasteiger partial charge in [-0.1, -0.05) is 37.3 Å². The Labute approximate surface area is 152 Å². The van der Waals surface area contributed by atoms with E-state index in [9.17, 15) is 13.2 Å². The molecule has 2 heterocycles. The Balaban J connectivity index is 1.59. The van der Waals surface area contributed by atoms with E-state index in [1.54, 1.807) is 6.07 Å². The van der Waals surface area contributed by atoms with Gasteiger partial charge in [0.25, 0.3) is 10.0 Å². The molecule has 0 bridgehead atoms. The van der Waals surface area contributed by atoms with E-state index in [0.717, 1.165) is 11.3 Å². The van der Waals surface area contributed by atoms with Crippen LogP contribution in [0.3, 0.4) is 0 Å². The van der Waals surface area contributed by atoms with Crippen LogP contribution in [0.5, 0.6) is 0 Å². The smallest absolute Gasteiger partial charge is 0.252 e. The van der Waals surface area contributed by atoms with E-state index in [0.29, 0.717) is 42.5 Å². The van der Waals surface area contributed by atoms with E-state index in [2.05, 4.69) is 0 Å². The summed E-state index contributed by atoms with van der Waals surface area (Å²) in [5, 5.41) is 0. The first-order valence-corrected chi connectivity index (χ1v) is 10.7. The lowest BCUT2D eigenvalue weighted by molar-refractivity contribution is 0.0902. The highest BCUT2D eigenvalue weighted by Crippen LogP contribution is 2.26. The molecular formula is C18H22N2O3S2. The van der Waals surface area contributed by atoms with Crippen molar-refractivity contribution in [3.63, 3.8) is 0 Å². The van der Waals surface area contributed by atoms with Gasteiger partial charge in [0.05, 0.1) is 6.54 Å². The number of thiophene rings is 1. The van der Waals surface area contributed by atoms with Crippen LogP contribution in [0.2, 0.25) is 0 Å². The maximum atomic E-state index is 12.7. The molecule has 1 fully saturated rings. The van der Waals surface area contributed by atoms with Crippen LogP contribution in [0.25, 0.3) is 0 Å². The fourth-order valence-electron chi connectivity index (χ4n) is 2.86. The zero-order valence-electron chi connectivity index (χ0n) is 14.2. The van der Waals surface area contributed by atoms with Crippen LogP contribution in [0.4, 0.5) is 0 Å². The van der Waals surface area contributed by atoms with Crippen molar-refractivity contribution in [2.24, 2.45) is 0 Å². The van der Waals surface area contributed by atoms with Crippen LogP contribution in [0.15, 0.2) is 46.7 Å². The molecule has 0 amide bonds. The van der Waals surface area contributed by atoms with Crippen molar-refractivity contribution in [2.75, 3.05) is 32.7 Å². The molecule has 1 aromatic carbocycles. The zero-order valence-corrected chi connectivity index (χ0v) is 15.9. The predicted molar refractivity (Wildman–Crippen MR) is 99.7 cm³/mol. The first-order valence-electron chi connectivity index (χ1n) is 8.40. The largest absolute Gasteiger partial charge is 0.293 e. The Kier molecular flexibility index (Phi) is 5.68. The molecule has 25 heavy (non-hydrogen) atoms. The molecule has 5 nitrogen and oxygen atoms in total. The number of piperazine rings is 1. The third kappa shape index (κ3) is 4.17. The van der Waals surface area contributed by atoms with Crippen molar-refractivity contribution in [1.82, 2.24) is 9.21 Å². The molecule has 0 unspecified atom stereocenters. The van der Waals surface area contributed by atoms with E-state index in [-0.39, 0.29) is 5.78 Å². The van der Waals surface area contributed by atoms with Gasteiger partial charge in [-0.2, -0.15) is 4.31 Å². The standard InChI is InChI=1S/C18H22N2O3S2/c1-2-16-8-9-18(24-16)25(22,23)20-12-10-19(11-13-20)14-17(21)15-6-4-3-5-7-15/h3-9H,2,10-14H2,1H3. The van der Waals surface area contributed by atoms with Gasteiger partial charge in [-0.3, -0.25) is 9.69 Å². The monoisotopic (exact) mass is 378 g/mol. The van der Waals surface area contributed by atoms with Crippen LogP contribution < -0.4 is 0 Å². The molecule has 0 radical (unpaired) electrons. The molecule has 0 aliphatic carbocycles. The van der Waals surface area contributed by atoms with E-state index < -0.39 is 10.0 Å². The molecule has 0 N–H and O–H groups in total. The Hall–Kier alpha value is -1.54. The van der Waals surface area contributed by atoms with Gasteiger partial charge in [0.1, 0.15) is 4.21 Å². The summed E-state index contributed by atoms with van der Waals surface area (Å²) in [6, 6.07) is 12.8. The van der Waals surface area contributed by atoms with Gasteiger partial charge < -0.3 is 0 Å². The third-order valence-electron chi connectivity index (χ3n) is 4.37. The number of carbonyl (C=O) groups is 1. The molecule has 2 aromatic rings. The molecule has 1 aromatic heterocycles. The summed E-state index contributed by atoms with van der Waals surface area (Å²) in [6.45, 7) is 4.34. The summed E-state index contributed by atoms with van der Waals surface area (Å²) in [5.41, 5.74) is 0.697. The molecule has 0 saturated carbocycles. The van der Waals surface area contributed by atoms with Crippen LogP contribution >= 0.6 is 11.3 Å². The molecule has 0 spiro atoms. The van der Waals surface area contributed by atoms with Crippen LogP contribution in [0.1, 0.15) is 22.2 Å². The number of carbonyl (C=O) groups excluding carboxylic acids is 1. The van der Waals surface area contributed by atoms with Crippen molar-refractivity contribution >= 4 is 27.1 Å². The zero-order chi connectivity index (χ0) is 17.9. The fourth-order valence-corrected chi connectivity index (χ4v) is 5.73.